The number of aromatic carboxylic acids is 1. The summed E-state index contributed by atoms with van der Waals surface area (Å²) in [4.78, 5) is 13.1. The zero-order valence-corrected chi connectivity index (χ0v) is 10.6. The van der Waals surface area contributed by atoms with Gasteiger partial charge in [-0.05, 0) is 43.0 Å². The number of hydrogen-bond acceptors (Lipinski definition) is 3. The lowest BCUT2D eigenvalue weighted by Gasteiger charge is -2.34. The number of carbonyl (C=O) groups is 1. The Hall–Kier alpha value is -1.55. The van der Waals surface area contributed by atoms with Crippen LogP contribution in [0.25, 0.3) is 0 Å². The van der Waals surface area contributed by atoms with Crippen LogP contribution in [0.3, 0.4) is 0 Å². The average Bonchev–Trinajstić information content (AvgIpc) is 2.39. The number of nitrogens with zero attached hydrogens (tertiary/aromatic N) is 1. The van der Waals surface area contributed by atoms with E-state index in [0.29, 0.717) is 11.5 Å². The molecule has 4 heteroatoms. The maximum absolute atomic E-state index is 10.8. The highest BCUT2D eigenvalue weighted by Gasteiger charge is 2.20. The van der Waals surface area contributed by atoms with Crippen molar-refractivity contribution in [3.63, 3.8) is 0 Å². The summed E-state index contributed by atoms with van der Waals surface area (Å²) in [5.74, 6) is -0.305. The largest absolute Gasteiger partial charge is 0.478 e. The third-order valence-corrected chi connectivity index (χ3v) is 3.40. The van der Waals surface area contributed by atoms with Gasteiger partial charge in [-0.2, -0.15) is 0 Å². The van der Waals surface area contributed by atoms with Crippen molar-refractivity contribution >= 4 is 11.7 Å². The molecule has 2 rings (SSSR count). The summed E-state index contributed by atoms with van der Waals surface area (Å²) < 4.78 is 5.21. The molecule has 0 saturated carbocycles. The summed E-state index contributed by atoms with van der Waals surface area (Å²) in [5, 5.41) is 8.87. The first kappa shape index (κ1) is 12.9. The molecule has 0 spiro atoms. The Morgan fingerprint density at radius 2 is 2.17 bits per heavy atom. The Morgan fingerprint density at radius 3 is 2.78 bits per heavy atom. The fourth-order valence-electron chi connectivity index (χ4n) is 2.49. The first-order valence-corrected chi connectivity index (χ1v) is 6.28. The van der Waals surface area contributed by atoms with E-state index >= 15 is 0 Å². The second-order valence-electron chi connectivity index (χ2n) is 4.76. The molecule has 98 valence electrons. The summed E-state index contributed by atoms with van der Waals surface area (Å²) >= 11 is 0. The number of rotatable bonds is 4. The number of benzene rings is 1. The van der Waals surface area contributed by atoms with Gasteiger partial charge in [0, 0.05) is 25.9 Å². The lowest BCUT2D eigenvalue weighted by atomic mass is 9.98. The maximum atomic E-state index is 10.8. The SMILES string of the molecule is COCC1CCCN(c2ccc(C(=O)O)cc2)C1. The first-order valence-electron chi connectivity index (χ1n) is 6.28. The van der Waals surface area contributed by atoms with E-state index in [4.69, 9.17) is 9.84 Å². The van der Waals surface area contributed by atoms with Crippen molar-refractivity contribution < 1.29 is 14.6 Å². The molecule has 0 aliphatic carbocycles. The van der Waals surface area contributed by atoms with Gasteiger partial charge in [0.1, 0.15) is 0 Å². The summed E-state index contributed by atoms with van der Waals surface area (Å²) in [6.07, 6.45) is 2.37. The molecule has 0 amide bonds. The molecule has 1 heterocycles. The summed E-state index contributed by atoms with van der Waals surface area (Å²) in [5.41, 5.74) is 1.44. The number of methoxy groups -OCH3 is 1. The predicted molar refractivity (Wildman–Crippen MR) is 70.2 cm³/mol. The van der Waals surface area contributed by atoms with Crippen LogP contribution in [-0.2, 0) is 4.74 Å². The highest BCUT2D eigenvalue weighted by molar-refractivity contribution is 5.88. The van der Waals surface area contributed by atoms with Gasteiger partial charge in [-0.3, -0.25) is 0 Å². The average molecular weight is 249 g/mol. The molecular weight excluding hydrogens is 230 g/mol. The van der Waals surface area contributed by atoms with Crippen molar-refractivity contribution in [2.45, 2.75) is 12.8 Å². The molecule has 0 aromatic heterocycles. The predicted octanol–water partition coefficient (Wildman–Crippen LogP) is 2.25. The van der Waals surface area contributed by atoms with Crippen LogP contribution in [0.4, 0.5) is 5.69 Å². The smallest absolute Gasteiger partial charge is 0.335 e. The van der Waals surface area contributed by atoms with Gasteiger partial charge < -0.3 is 14.7 Å². The van der Waals surface area contributed by atoms with E-state index in [1.165, 1.54) is 6.42 Å². The number of hydrogen-bond donors (Lipinski definition) is 1. The topological polar surface area (TPSA) is 49.8 Å². The lowest BCUT2D eigenvalue weighted by molar-refractivity contribution is 0.0697. The van der Waals surface area contributed by atoms with Crippen molar-refractivity contribution in [3.8, 4) is 0 Å². The monoisotopic (exact) mass is 249 g/mol. The molecular formula is C14H19NO3. The van der Waals surface area contributed by atoms with Gasteiger partial charge in [-0.15, -0.1) is 0 Å². The summed E-state index contributed by atoms with van der Waals surface area (Å²) in [6, 6.07) is 7.10. The van der Waals surface area contributed by atoms with Gasteiger partial charge in [0.2, 0.25) is 0 Å². The van der Waals surface area contributed by atoms with E-state index < -0.39 is 5.97 Å². The van der Waals surface area contributed by atoms with Crippen LogP contribution in [0.1, 0.15) is 23.2 Å². The van der Waals surface area contributed by atoms with Crippen LogP contribution in [0.2, 0.25) is 0 Å². The fourth-order valence-corrected chi connectivity index (χ4v) is 2.49. The highest BCUT2D eigenvalue weighted by atomic mass is 16.5. The van der Waals surface area contributed by atoms with E-state index in [-0.39, 0.29) is 0 Å². The van der Waals surface area contributed by atoms with Gasteiger partial charge >= 0.3 is 5.97 Å². The van der Waals surface area contributed by atoms with Crippen molar-refractivity contribution in [1.82, 2.24) is 0 Å². The van der Waals surface area contributed by atoms with E-state index in [2.05, 4.69) is 4.90 Å². The third kappa shape index (κ3) is 3.01. The van der Waals surface area contributed by atoms with Crippen LogP contribution in [0.5, 0.6) is 0 Å². The van der Waals surface area contributed by atoms with Crippen LogP contribution in [-0.4, -0.2) is 37.9 Å². The molecule has 1 fully saturated rings. The maximum Gasteiger partial charge on any atom is 0.335 e. The Balaban J connectivity index is 2.04. The number of carboxylic acid groups (broad SMARTS) is 1. The van der Waals surface area contributed by atoms with Crippen LogP contribution < -0.4 is 4.90 Å². The quantitative estimate of drug-likeness (QED) is 0.889. The molecule has 1 aromatic carbocycles. The first-order chi connectivity index (χ1) is 8.70. The Kier molecular flexibility index (Phi) is 4.20. The summed E-state index contributed by atoms with van der Waals surface area (Å²) in [7, 11) is 1.74. The molecule has 0 radical (unpaired) electrons. The Labute approximate surface area is 107 Å². The molecule has 1 aromatic rings. The fraction of sp³-hybridized carbons (Fsp3) is 0.500. The second kappa shape index (κ2) is 5.87. The van der Waals surface area contributed by atoms with Crippen LogP contribution >= 0.6 is 0 Å². The molecule has 1 atom stereocenters. The van der Waals surface area contributed by atoms with Gasteiger partial charge in [-0.25, -0.2) is 4.79 Å². The van der Waals surface area contributed by atoms with Gasteiger partial charge in [0.25, 0.3) is 0 Å². The van der Waals surface area contributed by atoms with Crippen molar-refractivity contribution in [1.29, 1.82) is 0 Å². The zero-order valence-electron chi connectivity index (χ0n) is 10.6. The molecule has 1 N–H and O–H groups in total. The number of piperidine rings is 1. The van der Waals surface area contributed by atoms with Crippen molar-refractivity contribution in [3.05, 3.63) is 29.8 Å². The van der Waals surface area contributed by atoms with Crippen molar-refractivity contribution in [2.24, 2.45) is 5.92 Å². The lowest BCUT2D eigenvalue weighted by Crippen LogP contribution is -2.37. The minimum atomic E-state index is -0.877. The zero-order chi connectivity index (χ0) is 13.0. The van der Waals surface area contributed by atoms with Gasteiger partial charge in [0.05, 0.1) is 12.2 Å². The van der Waals surface area contributed by atoms with E-state index in [1.807, 2.05) is 12.1 Å². The van der Waals surface area contributed by atoms with E-state index in [1.54, 1.807) is 19.2 Å². The molecule has 18 heavy (non-hydrogen) atoms. The normalized spacial score (nSPS) is 19.8. The van der Waals surface area contributed by atoms with Gasteiger partial charge in [0.15, 0.2) is 0 Å². The molecule has 0 bridgehead atoms. The highest BCUT2D eigenvalue weighted by Crippen LogP contribution is 2.23. The molecule has 1 aliphatic heterocycles. The Bertz CT molecular complexity index is 400. The minimum absolute atomic E-state index is 0.337. The van der Waals surface area contributed by atoms with Crippen LogP contribution in [0.15, 0.2) is 24.3 Å². The molecule has 1 unspecified atom stereocenters. The second-order valence-corrected chi connectivity index (χ2v) is 4.76. The third-order valence-electron chi connectivity index (χ3n) is 3.40. The molecule has 4 nitrogen and oxygen atoms in total. The summed E-state index contributed by atoms with van der Waals surface area (Å²) in [6.45, 7) is 2.82. The standard InChI is InChI=1S/C14H19NO3/c1-18-10-11-3-2-8-15(9-11)13-6-4-12(5-7-13)14(16)17/h4-7,11H,2-3,8-10H2,1H3,(H,16,17). The minimum Gasteiger partial charge on any atom is -0.478 e. The molecule has 1 aliphatic rings. The van der Waals surface area contributed by atoms with E-state index in [9.17, 15) is 4.79 Å². The van der Waals surface area contributed by atoms with Gasteiger partial charge in [-0.1, -0.05) is 0 Å². The number of anilines is 1. The van der Waals surface area contributed by atoms with Crippen LogP contribution in [0, 0.1) is 5.92 Å². The Morgan fingerprint density at radius 1 is 1.44 bits per heavy atom. The number of carboxylic acids is 1. The molecule has 1 saturated heterocycles. The van der Waals surface area contributed by atoms with Crippen molar-refractivity contribution in [2.75, 3.05) is 31.7 Å². The van der Waals surface area contributed by atoms with E-state index in [0.717, 1.165) is 31.8 Å². The number of ether oxygens (including phenoxy) is 1.